The molecule has 0 radical (unpaired) electrons. The molecular formula is C11H21N3O3. The first-order valence-corrected chi connectivity index (χ1v) is 5.85. The second-order valence-electron chi connectivity index (χ2n) is 3.62. The van der Waals surface area contributed by atoms with E-state index in [0.29, 0.717) is 6.54 Å². The lowest BCUT2D eigenvalue weighted by atomic mass is 10.0. The van der Waals surface area contributed by atoms with E-state index < -0.39 is 17.6 Å². The Morgan fingerprint density at radius 1 is 1.47 bits per heavy atom. The van der Waals surface area contributed by atoms with Crippen LogP contribution in [0, 0.1) is 5.92 Å². The van der Waals surface area contributed by atoms with E-state index in [1.165, 1.54) is 0 Å². The van der Waals surface area contributed by atoms with E-state index in [0.717, 1.165) is 4.68 Å². The number of carbonyl (C=O) groups is 1. The van der Waals surface area contributed by atoms with Gasteiger partial charge < -0.3 is 10.2 Å². The second-order valence-corrected chi connectivity index (χ2v) is 3.62. The minimum Gasteiger partial charge on any atom is -0.384 e. The number of hydrogen-bond acceptors (Lipinski definition) is 5. The van der Waals surface area contributed by atoms with Crippen molar-refractivity contribution in [3.63, 3.8) is 0 Å². The summed E-state index contributed by atoms with van der Waals surface area (Å²) in [6.45, 7) is 9.74. The van der Waals surface area contributed by atoms with Crippen LogP contribution in [-0.4, -0.2) is 21.6 Å². The molecule has 17 heavy (non-hydrogen) atoms. The Hall–Kier alpha value is -1.43. The Labute approximate surface area is 101 Å². The van der Waals surface area contributed by atoms with Crippen LogP contribution in [0.1, 0.15) is 45.3 Å². The monoisotopic (exact) mass is 243 g/mol. The molecule has 1 unspecified atom stereocenters. The molecule has 1 aromatic heterocycles. The van der Waals surface area contributed by atoms with E-state index >= 15 is 0 Å². The van der Waals surface area contributed by atoms with Gasteiger partial charge in [0.15, 0.2) is 0 Å². The maximum atomic E-state index is 11.6. The van der Waals surface area contributed by atoms with Crippen LogP contribution >= 0.6 is 0 Å². The highest BCUT2D eigenvalue weighted by Gasteiger charge is 2.24. The first kappa shape index (κ1) is 15.6. The first-order chi connectivity index (χ1) is 7.97. The molecule has 0 bridgehead atoms. The van der Waals surface area contributed by atoms with Crippen LogP contribution in [0.4, 0.5) is 0 Å². The number of aromatic nitrogens is 2. The number of rotatable bonds is 4. The Morgan fingerprint density at radius 3 is 2.35 bits per heavy atom. The van der Waals surface area contributed by atoms with E-state index in [1.54, 1.807) is 6.92 Å². The summed E-state index contributed by atoms with van der Waals surface area (Å²) in [6.07, 6.45) is 0. The summed E-state index contributed by atoms with van der Waals surface area (Å²) in [7, 11) is 0. The lowest BCUT2D eigenvalue weighted by Gasteiger charge is -2.10. The number of ketones is 1. The number of hydrogen-bond donors (Lipinski definition) is 1. The summed E-state index contributed by atoms with van der Waals surface area (Å²) < 4.78 is 5.79. The van der Waals surface area contributed by atoms with Crippen molar-refractivity contribution in [2.24, 2.45) is 11.7 Å². The molecule has 0 amide bonds. The van der Waals surface area contributed by atoms with Crippen LogP contribution in [0.3, 0.4) is 0 Å². The summed E-state index contributed by atoms with van der Waals surface area (Å²) >= 11 is 0. The summed E-state index contributed by atoms with van der Waals surface area (Å²) in [5.41, 5.74) is 5.63. The number of carbonyl (C=O) groups excluding carboxylic acids is 1. The Balaban J connectivity index is 0.00000121. The number of nitrogens with two attached hydrogens (primary N) is 1. The second kappa shape index (κ2) is 7.01. The molecule has 2 N–H and O–H groups in total. The van der Waals surface area contributed by atoms with Gasteiger partial charge >= 0.3 is 5.76 Å². The zero-order valence-corrected chi connectivity index (χ0v) is 11.1. The molecule has 0 aromatic carbocycles. The van der Waals surface area contributed by atoms with Gasteiger partial charge in [0.1, 0.15) is 0 Å². The van der Waals surface area contributed by atoms with Crippen LogP contribution in [0.15, 0.2) is 9.21 Å². The highest BCUT2D eigenvalue weighted by molar-refractivity contribution is 5.95. The number of nitrogens with zero attached hydrogens (tertiary/aromatic N) is 2. The van der Waals surface area contributed by atoms with Gasteiger partial charge in [0.25, 0.3) is 5.89 Å². The number of aryl methyl sites for hydroxylation is 1. The predicted octanol–water partition coefficient (Wildman–Crippen LogP) is 1.05. The summed E-state index contributed by atoms with van der Waals surface area (Å²) in [5.74, 6) is -1.29. The van der Waals surface area contributed by atoms with E-state index in [2.05, 4.69) is 5.10 Å². The van der Waals surface area contributed by atoms with Gasteiger partial charge in [-0.15, -0.1) is 5.10 Å². The molecule has 0 aliphatic rings. The van der Waals surface area contributed by atoms with Crippen LogP contribution in [-0.2, 0) is 6.54 Å². The summed E-state index contributed by atoms with van der Waals surface area (Å²) in [4.78, 5) is 22.7. The van der Waals surface area contributed by atoms with Crippen molar-refractivity contribution < 1.29 is 9.21 Å². The van der Waals surface area contributed by atoms with Gasteiger partial charge in [-0.05, 0) is 12.8 Å². The average Bonchev–Trinajstić information content (AvgIpc) is 2.71. The molecule has 6 nitrogen and oxygen atoms in total. The molecule has 6 heteroatoms. The molecule has 98 valence electrons. The normalized spacial score (nSPS) is 11.9. The van der Waals surface area contributed by atoms with Crippen LogP contribution in [0.2, 0.25) is 0 Å². The zero-order chi connectivity index (χ0) is 13.6. The average molecular weight is 243 g/mol. The molecular weight excluding hydrogens is 222 g/mol. The molecule has 0 aliphatic heterocycles. The van der Waals surface area contributed by atoms with Crippen LogP contribution in [0.5, 0.6) is 0 Å². The Morgan fingerprint density at radius 2 is 2.00 bits per heavy atom. The van der Waals surface area contributed by atoms with Crippen molar-refractivity contribution in [1.82, 2.24) is 9.78 Å². The van der Waals surface area contributed by atoms with Gasteiger partial charge in [-0.3, -0.25) is 4.79 Å². The maximum absolute atomic E-state index is 11.6. The van der Waals surface area contributed by atoms with Gasteiger partial charge in [0.05, 0.1) is 6.04 Å². The van der Waals surface area contributed by atoms with Gasteiger partial charge in [0, 0.05) is 6.54 Å². The standard InChI is InChI=1S/C9H15N3O3.C2H6/c1-4-12-9(14)15-8(11-12)7(13)6(10)5(2)3;1-2/h5-6H,4,10H2,1-3H3;1-2H3. The lowest BCUT2D eigenvalue weighted by Crippen LogP contribution is -2.35. The third-order valence-corrected chi connectivity index (χ3v) is 2.14. The van der Waals surface area contributed by atoms with Gasteiger partial charge in [-0.25, -0.2) is 4.79 Å². The van der Waals surface area contributed by atoms with Crippen molar-refractivity contribution in [3.8, 4) is 0 Å². The fourth-order valence-electron chi connectivity index (χ4n) is 1.05. The van der Waals surface area contributed by atoms with E-state index in [1.807, 2.05) is 27.7 Å². The minimum absolute atomic E-state index is 0.0189. The summed E-state index contributed by atoms with van der Waals surface area (Å²) in [6, 6.07) is -0.687. The van der Waals surface area contributed by atoms with Crippen molar-refractivity contribution in [2.75, 3.05) is 0 Å². The highest BCUT2D eigenvalue weighted by atomic mass is 16.4. The smallest absolute Gasteiger partial charge is 0.384 e. The van der Waals surface area contributed by atoms with Crippen molar-refractivity contribution >= 4 is 5.78 Å². The Bertz CT molecular complexity index is 406. The largest absolute Gasteiger partial charge is 0.437 e. The third kappa shape index (κ3) is 3.81. The molecule has 1 heterocycles. The van der Waals surface area contributed by atoms with Gasteiger partial charge in [-0.2, -0.15) is 4.68 Å². The van der Waals surface area contributed by atoms with E-state index in [-0.39, 0.29) is 11.8 Å². The quantitative estimate of drug-likeness (QED) is 0.798. The predicted molar refractivity (Wildman–Crippen MR) is 64.9 cm³/mol. The molecule has 0 saturated heterocycles. The van der Waals surface area contributed by atoms with Crippen molar-refractivity contribution in [1.29, 1.82) is 0 Å². The molecule has 0 saturated carbocycles. The maximum Gasteiger partial charge on any atom is 0.437 e. The molecule has 1 aromatic rings. The number of Topliss-reactive ketones (excluding diaryl/α,β-unsaturated/α-hetero) is 1. The molecule has 0 aliphatic carbocycles. The fraction of sp³-hybridized carbons (Fsp3) is 0.727. The molecule has 1 atom stereocenters. The van der Waals surface area contributed by atoms with E-state index in [9.17, 15) is 9.59 Å². The van der Waals surface area contributed by atoms with Gasteiger partial charge in [-0.1, -0.05) is 27.7 Å². The fourth-order valence-corrected chi connectivity index (χ4v) is 1.05. The first-order valence-electron chi connectivity index (χ1n) is 5.85. The lowest BCUT2D eigenvalue weighted by molar-refractivity contribution is 0.0904. The minimum atomic E-state index is -0.687. The van der Waals surface area contributed by atoms with Crippen molar-refractivity contribution in [3.05, 3.63) is 16.4 Å². The van der Waals surface area contributed by atoms with Crippen LogP contribution in [0.25, 0.3) is 0 Å². The zero-order valence-electron chi connectivity index (χ0n) is 11.1. The molecule has 0 spiro atoms. The highest BCUT2D eigenvalue weighted by Crippen LogP contribution is 2.05. The third-order valence-electron chi connectivity index (χ3n) is 2.14. The van der Waals surface area contributed by atoms with Crippen LogP contribution < -0.4 is 11.5 Å². The van der Waals surface area contributed by atoms with Crippen molar-refractivity contribution in [2.45, 2.75) is 47.2 Å². The topological polar surface area (TPSA) is 91.1 Å². The molecule has 0 fully saturated rings. The Kier molecular flexibility index (Phi) is 6.42. The van der Waals surface area contributed by atoms with E-state index in [4.69, 9.17) is 10.2 Å². The van der Waals surface area contributed by atoms with Gasteiger partial charge in [0.2, 0.25) is 5.78 Å². The molecule has 1 rings (SSSR count). The SMILES string of the molecule is CC.CCn1nc(C(=O)C(N)C(C)C)oc1=O. The summed E-state index contributed by atoms with van der Waals surface area (Å²) in [5, 5.41) is 3.74.